The quantitative estimate of drug-likeness (QED) is 0.594. The number of nitrogens with one attached hydrogen (secondary N) is 2. The highest BCUT2D eigenvalue weighted by Crippen LogP contribution is 2.17. The van der Waals surface area contributed by atoms with Crippen LogP contribution in [0.1, 0.15) is 12.5 Å². The number of ether oxygens (including phenoxy) is 1. The average molecular weight is 414 g/mol. The Labute approximate surface area is 171 Å². The number of rotatable bonds is 8. The van der Waals surface area contributed by atoms with E-state index >= 15 is 0 Å². The van der Waals surface area contributed by atoms with Crippen molar-refractivity contribution in [2.24, 2.45) is 0 Å². The highest BCUT2D eigenvalue weighted by atomic mass is 19.2. The van der Waals surface area contributed by atoms with Crippen molar-refractivity contribution in [3.8, 4) is 5.75 Å². The minimum Gasteiger partial charge on any atom is -0.481 e. The molecule has 0 aliphatic carbocycles. The number of carbonyl (C=O) groups is 2. The van der Waals surface area contributed by atoms with Crippen LogP contribution in [0.2, 0.25) is 0 Å². The first-order chi connectivity index (χ1) is 14.4. The number of amides is 2. The largest absolute Gasteiger partial charge is 0.481 e. The van der Waals surface area contributed by atoms with E-state index in [0.717, 1.165) is 17.7 Å². The van der Waals surface area contributed by atoms with Crippen molar-refractivity contribution >= 4 is 17.5 Å². The van der Waals surface area contributed by atoms with Gasteiger partial charge in [-0.2, -0.15) is 5.10 Å². The van der Waals surface area contributed by atoms with Crippen LogP contribution in [0.5, 0.6) is 5.75 Å². The van der Waals surface area contributed by atoms with E-state index < -0.39 is 23.6 Å². The molecule has 2 amide bonds. The summed E-state index contributed by atoms with van der Waals surface area (Å²) in [5.41, 5.74) is 1.35. The van der Waals surface area contributed by atoms with Crippen molar-refractivity contribution < 1.29 is 23.1 Å². The molecule has 156 valence electrons. The number of hydrogen-bond donors (Lipinski definition) is 2. The average Bonchev–Trinajstić information content (AvgIpc) is 3.22. The molecule has 0 saturated carbocycles. The van der Waals surface area contributed by atoms with Crippen LogP contribution in [-0.2, 0) is 22.7 Å². The summed E-state index contributed by atoms with van der Waals surface area (Å²) < 4.78 is 33.1. The zero-order valence-corrected chi connectivity index (χ0v) is 16.1. The number of anilines is 1. The van der Waals surface area contributed by atoms with E-state index in [-0.39, 0.29) is 24.7 Å². The number of nitrogens with zero attached hydrogens (tertiary/aromatic N) is 2. The molecule has 3 aromatic rings. The van der Waals surface area contributed by atoms with Crippen LogP contribution >= 0.6 is 0 Å². The van der Waals surface area contributed by atoms with Gasteiger partial charge in [0.1, 0.15) is 12.3 Å². The zero-order chi connectivity index (χ0) is 21.5. The summed E-state index contributed by atoms with van der Waals surface area (Å²) >= 11 is 0. The topological polar surface area (TPSA) is 85.3 Å². The van der Waals surface area contributed by atoms with Crippen LogP contribution in [0.3, 0.4) is 0 Å². The van der Waals surface area contributed by atoms with Gasteiger partial charge in [0, 0.05) is 30.7 Å². The lowest BCUT2D eigenvalue weighted by molar-refractivity contribution is -0.127. The first kappa shape index (κ1) is 21.0. The number of halogens is 2. The smallest absolute Gasteiger partial charge is 0.261 e. The summed E-state index contributed by atoms with van der Waals surface area (Å²) in [6.07, 6.45) is 2.37. The second kappa shape index (κ2) is 9.64. The fourth-order valence-electron chi connectivity index (χ4n) is 2.64. The SMILES string of the molecule is CC(Oc1ccc(F)c(F)c1)C(=O)NCc1cccc(NC(=O)Cn2cccn2)c1. The Morgan fingerprint density at radius 2 is 1.97 bits per heavy atom. The fourth-order valence-corrected chi connectivity index (χ4v) is 2.64. The third-order valence-electron chi connectivity index (χ3n) is 4.12. The van der Waals surface area contributed by atoms with Gasteiger partial charge in [-0.05, 0) is 42.8 Å². The van der Waals surface area contributed by atoms with Gasteiger partial charge in [-0.3, -0.25) is 14.3 Å². The third kappa shape index (κ3) is 5.87. The molecule has 2 N–H and O–H groups in total. The van der Waals surface area contributed by atoms with Crippen molar-refractivity contribution in [1.82, 2.24) is 15.1 Å². The van der Waals surface area contributed by atoms with E-state index in [9.17, 15) is 18.4 Å². The van der Waals surface area contributed by atoms with E-state index in [4.69, 9.17) is 4.74 Å². The van der Waals surface area contributed by atoms with Crippen LogP contribution in [0.4, 0.5) is 14.5 Å². The number of hydrogen-bond acceptors (Lipinski definition) is 4. The summed E-state index contributed by atoms with van der Waals surface area (Å²) in [4.78, 5) is 24.3. The first-order valence-electron chi connectivity index (χ1n) is 9.16. The maximum atomic E-state index is 13.2. The zero-order valence-electron chi connectivity index (χ0n) is 16.1. The van der Waals surface area contributed by atoms with E-state index in [2.05, 4.69) is 15.7 Å². The Kier molecular flexibility index (Phi) is 6.74. The monoisotopic (exact) mass is 414 g/mol. The van der Waals surface area contributed by atoms with Gasteiger partial charge in [-0.25, -0.2) is 8.78 Å². The second-order valence-corrected chi connectivity index (χ2v) is 6.51. The van der Waals surface area contributed by atoms with E-state index in [0.29, 0.717) is 5.69 Å². The van der Waals surface area contributed by atoms with Gasteiger partial charge in [0.05, 0.1) is 0 Å². The lowest BCUT2D eigenvalue weighted by Crippen LogP contribution is -2.35. The fraction of sp³-hybridized carbons (Fsp3) is 0.190. The molecule has 1 heterocycles. The van der Waals surface area contributed by atoms with E-state index in [1.54, 1.807) is 42.7 Å². The molecule has 1 unspecified atom stereocenters. The summed E-state index contributed by atoms with van der Waals surface area (Å²) in [7, 11) is 0. The molecule has 1 aromatic heterocycles. The number of aromatic nitrogens is 2. The van der Waals surface area contributed by atoms with Crippen LogP contribution in [0.15, 0.2) is 60.9 Å². The van der Waals surface area contributed by atoms with Gasteiger partial charge in [-0.1, -0.05) is 12.1 Å². The lowest BCUT2D eigenvalue weighted by atomic mass is 10.2. The van der Waals surface area contributed by atoms with Gasteiger partial charge in [0.2, 0.25) is 5.91 Å². The second-order valence-electron chi connectivity index (χ2n) is 6.51. The molecule has 3 rings (SSSR count). The summed E-state index contributed by atoms with van der Waals surface area (Å²) in [5.74, 6) is -2.64. The Hall–Kier alpha value is -3.75. The van der Waals surface area contributed by atoms with Crippen molar-refractivity contribution in [3.05, 3.63) is 78.1 Å². The van der Waals surface area contributed by atoms with Crippen LogP contribution in [-0.4, -0.2) is 27.7 Å². The maximum absolute atomic E-state index is 13.2. The molecule has 0 bridgehead atoms. The third-order valence-corrected chi connectivity index (χ3v) is 4.12. The predicted octanol–water partition coefficient (Wildman–Crippen LogP) is 2.88. The van der Waals surface area contributed by atoms with Gasteiger partial charge in [0.25, 0.3) is 5.91 Å². The molecule has 1 atom stereocenters. The van der Waals surface area contributed by atoms with Crippen LogP contribution in [0, 0.1) is 11.6 Å². The van der Waals surface area contributed by atoms with E-state index in [1.807, 2.05) is 0 Å². The standard InChI is InChI=1S/C21H20F2N4O3/c1-14(30-17-6-7-18(22)19(23)11-17)21(29)24-12-15-4-2-5-16(10-15)26-20(28)13-27-9-3-8-25-27/h2-11,14H,12-13H2,1H3,(H,24,29)(H,26,28). The molecular formula is C21H20F2N4O3. The van der Waals surface area contributed by atoms with Gasteiger partial charge >= 0.3 is 0 Å². The minimum absolute atomic E-state index is 0.0541. The molecular weight excluding hydrogens is 394 g/mol. The summed E-state index contributed by atoms with van der Waals surface area (Å²) in [5, 5.41) is 9.45. The summed E-state index contributed by atoms with van der Waals surface area (Å²) in [6.45, 7) is 1.79. The van der Waals surface area contributed by atoms with Gasteiger partial charge in [-0.15, -0.1) is 0 Å². The Morgan fingerprint density at radius 3 is 2.70 bits per heavy atom. The van der Waals surface area contributed by atoms with Crippen LogP contribution in [0.25, 0.3) is 0 Å². The van der Waals surface area contributed by atoms with Gasteiger partial charge in [0.15, 0.2) is 17.7 Å². The molecule has 0 spiro atoms. The molecule has 7 nitrogen and oxygen atoms in total. The molecule has 9 heteroatoms. The first-order valence-corrected chi connectivity index (χ1v) is 9.16. The predicted molar refractivity (Wildman–Crippen MR) is 106 cm³/mol. The molecule has 2 aromatic carbocycles. The van der Waals surface area contributed by atoms with Crippen molar-refractivity contribution in [2.45, 2.75) is 26.1 Å². The lowest BCUT2D eigenvalue weighted by Gasteiger charge is -2.15. The van der Waals surface area contributed by atoms with Crippen molar-refractivity contribution in [1.29, 1.82) is 0 Å². The highest BCUT2D eigenvalue weighted by Gasteiger charge is 2.15. The minimum atomic E-state index is -1.05. The maximum Gasteiger partial charge on any atom is 0.261 e. The van der Waals surface area contributed by atoms with Crippen molar-refractivity contribution in [3.63, 3.8) is 0 Å². The Bertz CT molecular complexity index is 1020. The molecule has 0 fully saturated rings. The van der Waals surface area contributed by atoms with Crippen molar-refractivity contribution in [2.75, 3.05) is 5.32 Å². The normalized spacial score (nSPS) is 11.6. The van der Waals surface area contributed by atoms with E-state index in [1.165, 1.54) is 17.7 Å². The summed E-state index contributed by atoms with van der Waals surface area (Å²) in [6, 6.07) is 11.8. The number of benzene rings is 2. The molecule has 0 saturated heterocycles. The molecule has 30 heavy (non-hydrogen) atoms. The van der Waals surface area contributed by atoms with Gasteiger partial charge < -0.3 is 15.4 Å². The number of carbonyl (C=O) groups excluding carboxylic acids is 2. The molecule has 0 aliphatic heterocycles. The van der Waals surface area contributed by atoms with Crippen LogP contribution < -0.4 is 15.4 Å². The Morgan fingerprint density at radius 1 is 1.13 bits per heavy atom. The molecule has 0 radical (unpaired) electrons. The Balaban J connectivity index is 1.51. The highest BCUT2D eigenvalue weighted by molar-refractivity contribution is 5.90. The molecule has 0 aliphatic rings.